The van der Waals surface area contributed by atoms with Crippen LogP contribution in [0.15, 0.2) is 44.7 Å². The molecule has 0 bridgehead atoms. The largest absolute Gasteiger partial charge is 0.493 e. The Morgan fingerprint density at radius 3 is 2.81 bits per heavy atom. The van der Waals surface area contributed by atoms with Crippen LogP contribution in [0.3, 0.4) is 0 Å². The van der Waals surface area contributed by atoms with Crippen LogP contribution in [0.5, 0.6) is 11.5 Å². The number of benzene rings is 2. The molecule has 2 aromatic carbocycles. The summed E-state index contributed by atoms with van der Waals surface area (Å²) in [5.41, 5.74) is 5.92. The average Bonchev–Trinajstić information content (AvgIpc) is 2.76. The molecule has 10 heteroatoms. The minimum Gasteiger partial charge on any atom is -0.493 e. The van der Waals surface area contributed by atoms with Gasteiger partial charge in [-0.25, -0.2) is 4.98 Å². The predicted octanol–water partition coefficient (Wildman–Crippen LogP) is 3.91. The van der Waals surface area contributed by atoms with E-state index in [1.165, 1.54) is 18.0 Å². The van der Waals surface area contributed by atoms with Crippen molar-refractivity contribution in [2.75, 3.05) is 13.7 Å². The van der Waals surface area contributed by atoms with Crippen molar-refractivity contribution in [3.8, 4) is 11.5 Å². The number of fused-ring (bicyclic) bond motifs is 1. The number of aryl methyl sites for hydroxylation is 1. The SMILES string of the molecule is CCCCc1nc2ccc(Br)cc2c(=O)n1N=Cc1cc(Cl)cc(OC)c1OCC(N)=O. The first kappa shape index (κ1) is 23.7. The Morgan fingerprint density at radius 1 is 1.34 bits per heavy atom. The van der Waals surface area contributed by atoms with Gasteiger partial charge in [-0.05, 0) is 30.7 Å². The van der Waals surface area contributed by atoms with E-state index in [0.29, 0.717) is 39.5 Å². The van der Waals surface area contributed by atoms with Gasteiger partial charge in [-0.2, -0.15) is 9.78 Å². The quantitative estimate of drug-likeness (QED) is 0.430. The van der Waals surface area contributed by atoms with Gasteiger partial charge in [0.1, 0.15) is 5.82 Å². The van der Waals surface area contributed by atoms with E-state index in [4.69, 9.17) is 26.8 Å². The number of primary amides is 1. The molecule has 8 nitrogen and oxygen atoms in total. The van der Waals surface area contributed by atoms with Crippen LogP contribution in [-0.4, -0.2) is 35.5 Å². The molecule has 1 heterocycles. The molecule has 1 amide bonds. The highest BCUT2D eigenvalue weighted by molar-refractivity contribution is 9.10. The second kappa shape index (κ2) is 10.6. The van der Waals surface area contributed by atoms with Crippen molar-refractivity contribution in [2.24, 2.45) is 10.8 Å². The third-order valence-corrected chi connectivity index (χ3v) is 5.28. The first-order chi connectivity index (χ1) is 15.3. The van der Waals surface area contributed by atoms with E-state index in [1.54, 1.807) is 24.3 Å². The fraction of sp³-hybridized carbons (Fsp3) is 0.273. The maximum absolute atomic E-state index is 13.2. The van der Waals surface area contributed by atoms with E-state index in [9.17, 15) is 9.59 Å². The summed E-state index contributed by atoms with van der Waals surface area (Å²) in [4.78, 5) is 29.1. The van der Waals surface area contributed by atoms with Gasteiger partial charge in [0.15, 0.2) is 18.1 Å². The molecule has 0 aliphatic heterocycles. The molecule has 2 N–H and O–H groups in total. The Labute approximate surface area is 198 Å². The lowest BCUT2D eigenvalue weighted by Crippen LogP contribution is -2.23. The number of ether oxygens (including phenoxy) is 2. The third-order valence-electron chi connectivity index (χ3n) is 4.57. The average molecular weight is 522 g/mol. The number of carbonyl (C=O) groups excluding carboxylic acids is 1. The molecular weight excluding hydrogens is 500 g/mol. The number of unbranched alkanes of at least 4 members (excludes halogenated alkanes) is 1. The summed E-state index contributed by atoms with van der Waals surface area (Å²) in [6, 6.07) is 8.48. The molecule has 0 spiro atoms. The number of hydrogen-bond donors (Lipinski definition) is 1. The fourth-order valence-corrected chi connectivity index (χ4v) is 3.64. The van der Waals surface area contributed by atoms with Crippen LogP contribution in [0.4, 0.5) is 0 Å². The van der Waals surface area contributed by atoms with Crippen molar-refractivity contribution < 1.29 is 14.3 Å². The zero-order valence-corrected chi connectivity index (χ0v) is 19.9. The van der Waals surface area contributed by atoms with Gasteiger partial charge >= 0.3 is 0 Å². The zero-order chi connectivity index (χ0) is 23.3. The topological polar surface area (TPSA) is 109 Å². The molecule has 168 valence electrons. The molecule has 1 aromatic heterocycles. The summed E-state index contributed by atoms with van der Waals surface area (Å²) in [6.45, 7) is 1.70. The molecular formula is C22H22BrClN4O4. The van der Waals surface area contributed by atoms with Crippen molar-refractivity contribution in [3.63, 3.8) is 0 Å². The van der Waals surface area contributed by atoms with Crippen LogP contribution in [0, 0.1) is 0 Å². The number of rotatable bonds is 9. The van der Waals surface area contributed by atoms with Crippen LogP contribution < -0.4 is 20.8 Å². The maximum atomic E-state index is 13.2. The highest BCUT2D eigenvalue weighted by atomic mass is 79.9. The second-order valence-corrected chi connectivity index (χ2v) is 8.29. The summed E-state index contributed by atoms with van der Waals surface area (Å²) in [5.74, 6) is 0.433. The van der Waals surface area contributed by atoms with Gasteiger partial charge in [0, 0.05) is 27.5 Å². The van der Waals surface area contributed by atoms with Gasteiger partial charge in [0.2, 0.25) is 0 Å². The Morgan fingerprint density at radius 2 is 2.12 bits per heavy atom. The molecule has 0 unspecified atom stereocenters. The van der Waals surface area contributed by atoms with Gasteiger partial charge in [-0.15, -0.1) is 0 Å². The fourth-order valence-electron chi connectivity index (χ4n) is 3.06. The molecule has 0 atom stereocenters. The first-order valence-electron chi connectivity index (χ1n) is 9.88. The van der Waals surface area contributed by atoms with Gasteiger partial charge in [0.25, 0.3) is 11.5 Å². The lowest BCUT2D eigenvalue weighted by atomic mass is 10.2. The highest BCUT2D eigenvalue weighted by Gasteiger charge is 2.15. The molecule has 0 saturated heterocycles. The number of carbonyl (C=O) groups is 1. The van der Waals surface area contributed by atoms with Gasteiger partial charge in [0.05, 0.1) is 24.2 Å². The Balaban J connectivity index is 2.15. The summed E-state index contributed by atoms with van der Waals surface area (Å²) < 4.78 is 12.9. The summed E-state index contributed by atoms with van der Waals surface area (Å²) >= 11 is 9.59. The van der Waals surface area contributed by atoms with E-state index < -0.39 is 5.91 Å². The van der Waals surface area contributed by atoms with Gasteiger partial charge in [-0.1, -0.05) is 40.9 Å². The molecule has 0 aliphatic rings. The molecule has 3 rings (SSSR count). The van der Waals surface area contributed by atoms with E-state index in [2.05, 4.69) is 32.9 Å². The lowest BCUT2D eigenvalue weighted by Gasteiger charge is -2.13. The van der Waals surface area contributed by atoms with Crippen LogP contribution >= 0.6 is 27.5 Å². The number of nitrogens with two attached hydrogens (primary N) is 1. The van der Waals surface area contributed by atoms with Crippen LogP contribution in [0.1, 0.15) is 31.2 Å². The maximum Gasteiger partial charge on any atom is 0.282 e. The van der Waals surface area contributed by atoms with Crippen molar-refractivity contribution in [3.05, 3.63) is 61.6 Å². The summed E-state index contributed by atoms with van der Waals surface area (Å²) in [5, 5.41) is 5.21. The standard InChI is InChI=1S/C22H22BrClN4O4/c1-3-4-5-20-27-17-7-6-14(23)9-16(17)22(30)28(20)26-11-13-8-15(24)10-18(31-2)21(13)32-12-19(25)29/h6-11H,3-5,12H2,1-2H3,(H2,25,29). The van der Waals surface area contributed by atoms with Crippen LogP contribution in [0.25, 0.3) is 10.9 Å². The third kappa shape index (κ3) is 5.46. The Kier molecular flexibility index (Phi) is 7.87. The van der Waals surface area contributed by atoms with Crippen LogP contribution in [-0.2, 0) is 11.2 Å². The van der Waals surface area contributed by atoms with E-state index in [-0.39, 0.29) is 17.9 Å². The first-order valence-corrected chi connectivity index (χ1v) is 11.0. The van der Waals surface area contributed by atoms with E-state index >= 15 is 0 Å². The van der Waals surface area contributed by atoms with Crippen molar-refractivity contribution in [2.45, 2.75) is 26.2 Å². The summed E-state index contributed by atoms with van der Waals surface area (Å²) in [6.07, 6.45) is 3.79. The zero-order valence-electron chi connectivity index (χ0n) is 17.6. The molecule has 32 heavy (non-hydrogen) atoms. The predicted molar refractivity (Wildman–Crippen MR) is 128 cm³/mol. The normalized spacial score (nSPS) is 11.2. The minimum absolute atomic E-state index is 0.235. The van der Waals surface area contributed by atoms with Crippen molar-refractivity contribution >= 4 is 50.6 Å². The highest BCUT2D eigenvalue weighted by Crippen LogP contribution is 2.34. The number of halogens is 2. The van der Waals surface area contributed by atoms with Crippen LogP contribution in [0.2, 0.25) is 5.02 Å². The smallest absolute Gasteiger partial charge is 0.282 e. The molecule has 0 fully saturated rings. The minimum atomic E-state index is -0.646. The number of nitrogens with zero attached hydrogens (tertiary/aromatic N) is 3. The van der Waals surface area contributed by atoms with E-state index in [0.717, 1.165) is 17.3 Å². The molecule has 0 radical (unpaired) electrons. The van der Waals surface area contributed by atoms with Gasteiger partial charge in [-0.3, -0.25) is 9.59 Å². The van der Waals surface area contributed by atoms with Crippen molar-refractivity contribution in [1.29, 1.82) is 0 Å². The van der Waals surface area contributed by atoms with Crippen molar-refractivity contribution in [1.82, 2.24) is 9.66 Å². The number of amides is 1. The molecule has 0 saturated carbocycles. The Hall–Kier alpha value is -2.91. The molecule has 0 aliphatic carbocycles. The monoisotopic (exact) mass is 520 g/mol. The van der Waals surface area contributed by atoms with Gasteiger partial charge < -0.3 is 15.2 Å². The number of methoxy groups -OCH3 is 1. The lowest BCUT2D eigenvalue weighted by molar-refractivity contribution is -0.119. The Bertz CT molecular complexity index is 1240. The number of hydrogen-bond acceptors (Lipinski definition) is 6. The summed E-state index contributed by atoms with van der Waals surface area (Å²) in [7, 11) is 1.45. The second-order valence-electron chi connectivity index (χ2n) is 6.94. The van der Waals surface area contributed by atoms with E-state index in [1.807, 2.05) is 6.07 Å². The number of aromatic nitrogens is 2. The molecule has 3 aromatic rings.